The van der Waals surface area contributed by atoms with E-state index in [1.54, 1.807) is 54.7 Å². The van der Waals surface area contributed by atoms with Crippen LogP contribution in [0.3, 0.4) is 0 Å². The zero-order chi connectivity index (χ0) is 34.7. The second kappa shape index (κ2) is 14.9. The number of nitrogens with zero attached hydrogens (tertiary/aromatic N) is 4. The molecular weight excluding hydrogens is 671 g/mol. The van der Waals surface area contributed by atoms with Crippen LogP contribution in [0.5, 0.6) is 11.5 Å². The number of carboxylic acids is 1. The van der Waals surface area contributed by atoms with Crippen molar-refractivity contribution in [2.45, 2.75) is 37.8 Å². The highest BCUT2D eigenvalue weighted by Gasteiger charge is 2.38. The largest absolute Gasteiger partial charge is 0.545 e. The van der Waals surface area contributed by atoms with E-state index < -0.39 is 18.0 Å². The Morgan fingerprint density at radius 3 is 2.39 bits per heavy atom. The summed E-state index contributed by atoms with van der Waals surface area (Å²) in [5.41, 5.74) is 1.93. The molecule has 0 radical (unpaired) electrons. The highest BCUT2D eigenvalue weighted by Crippen LogP contribution is 2.40. The smallest absolute Gasteiger partial charge is 0.416 e. The van der Waals surface area contributed by atoms with E-state index in [1.807, 2.05) is 0 Å². The molecule has 2 bridgehead atoms. The number of carbonyl (C=O) groups is 2. The molecule has 2 aromatic heterocycles. The predicted octanol–water partition coefficient (Wildman–Crippen LogP) is 4.91. The van der Waals surface area contributed by atoms with Crippen molar-refractivity contribution in [3.05, 3.63) is 111 Å². The summed E-state index contributed by atoms with van der Waals surface area (Å²) in [4.78, 5) is 35.1. The van der Waals surface area contributed by atoms with E-state index in [4.69, 9.17) is 37.4 Å². The molecular formula is C36H36Cl2N4O7. The van der Waals surface area contributed by atoms with E-state index in [0.29, 0.717) is 46.1 Å². The summed E-state index contributed by atoms with van der Waals surface area (Å²) < 4.78 is 18.0. The van der Waals surface area contributed by atoms with Gasteiger partial charge in [0.1, 0.15) is 22.0 Å². The maximum atomic E-state index is 14.1. The Morgan fingerprint density at radius 1 is 1.04 bits per heavy atom. The first kappa shape index (κ1) is 34.3. The summed E-state index contributed by atoms with van der Waals surface area (Å²) in [6.45, 7) is 2.59. The Balaban J connectivity index is 1.48. The minimum Gasteiger partial charge on any atom is -0.545 e. The van der Waals surface area contributed by atoms with E-state index in [0.717, 1.165) is 30.7 Å². The van der Waals surface area contributed by atoms with Gasteiger partial charge in [-0.3, -0.25) is 15.0 Å². The second-order valence-corrected chi connectivity index (χ2v) is 13.0. The number of amides is 1. The minimum absolute atomic E-state index is 0.0654. The van der Waals surface area contributed by atoms with Crippen LogP contribution in [-0.4, -0.2) is 67.1 Å². The van der Waals surface area contributed by atoms with Crippen LogP contribution < -0.4 is 24.2 Å². The average molecular weight is 708 g/mol. The lowest BCUT2D eigenvalue weighted by molar-refractivity contribution is -0.904. The monoisotopic (exact) mass is 706 g/mol. The molecule has 1 amide bonds. The summed E-state index contributed by atoms with van der Waals surface area (Å²) in [5.74, 6) is -0.580. The quantitative estimate of drug-likeness (QED) is 0.171. The van der Waals surface area contributed by atoms with Crippen LogP contribution in [0.4, 0.5) is 10.6 Å². The third-order valence-electron chi connectivity index (χ3n) is 9.37. The van der Waals surface area contributed by atoms with Crippen molar-refractivity contribution >= 4 is 41.1 Å². The van der Waals surface area contributed by atoms with E-state index >= 15 is 0 Å². The Bertz CT molecular complexity index is 1810. The average Bonchev–Trinajstić information content (AvgIpc) is 3.11. The van der Waals surface area contributed by atoms with Crippen molar-refractivity contribution in [2.24, 2.45) is 5.92 Å². The SMILES string of the molecule is COc1ccc([C@H](Cc2c(Cl)c[n+](O)cc2Cl)c2c(CN(C(=O)O[C@H]3CN4CCC3CC4)c3ccccn3)cccc2C(=O)[O-])cc1OC. The fraction of sp³-hybridized carbons (Fsp3) is 0.333. The van der Waals surface area contributed by atoms with Crippen LogP contribution in [-0.2, 0) is 17.7 Å². The van der Waals surface area contributed by atoms with Gasteiger partial charge in [0.05, 0.1) is 26.7 Å². The maximum absolute atomic E-state index is 14.1. The van der Waals surface area contributed by atoms with Gasteiger partial charge in [0, 0.05) is 34.5 Å². The van der Waals surface area contributed by atoms with Gasteiger partial charge in [-0.15, -0.1) is 0 Å². The van der Waals surface area contributed by atoms with Crippen LogP contribution in [0.15, 0.2) is 73.2 Å². The molecule has 3 aliphatic rings. The number of aromatic nitrogens is 2. The van der Waals surface area contributed by atoms with Crippen molar-refractivity contribution in [1.29, 1.82) is 0 Å². The first-order chi connectivity index (χ1) is 23.7. The van der Waals surface area contributed by atoms with E-state index in [-0.39, 0.29) is 40.6 Å². The number of anilines is 1. The fourth-order valence-electron chi connectivity index (χ4n) is 6.90. The number of hydrogen-bond acceptors (Lipinski definition) is 9. The van der Waals surface area contributed by atoms with Crippen molar-refractivity contribution < 1.29 is 38.8 Å². The number of carboxylic acid groups (broad SMARTS) is 1. The molecule has 0 saturated carbocycles. The topological polar surface area (TPSA) is 128 Å². The van der Waals surface area contributed by atoms with Gasteiger partial charge in [-0.25, -0.2) is 9.78 Å². The van der Waals surface area contributed by atoms with Crippen LogP contribution in [0.25, 0.3) is 0 Å². The second-order valence-electron chi connectivity index (χ2n) is 12.2. The number of carbonyl (C=O) groups excluding carboxylic acids is 2. The predicted molar refractivity (Wildman–Crippen MR) is 180 cm³/mol. The number of methoxy groups -OCH3 is 2. The minimum atomic E-state index is -1.40. The van der Waals surface area contributed by atoms with Gasteiger partial charge < -0.3 is 24.1 Å². The van der Waals surface area contributed by atoms with Gasteiger partial charge in [0.15, 0.2) is 11.5 Å². The molecule has 1 N–H and O–H groups in total. The molecule has 0 spiro atoms. The van der Waals surface area contributed by atoms with Crippen molar-refractivity contribution in [1.82, 2.24) is 9.88 Å². The highest BCUT2D eigenvalue weighted by atomic mass is 35.5. The normalized spacial score (nSPS) is 18.8. The number of aromatic carboxylic acids is 1. The maximum Gasteiger partial charge on any atom is 0.416 e. The molecule has 3 saturated heterocycles. The molecule has 3 fully saturated rings. The molecule has 3 aliphatic heterocycles. The van der Waals surface area contributed by atoms with Gasteiger partial charge in [-0.1, -0.05) is 53.5 Å². The van der Waals surface area contributed by atoms with Gasteiger partial charge >= 0.3 is 6.09 Å². The van der Waals surface area contributed by atoms with Gasteiger partial charge in [0.25, 0.3) is 0 Å². The van der Waals surface area contributed by atoms with E-state index in [2.05, 4.69) is 9.88 Å². The summed E-state index contributed by atoms with van der Waals surface area (Å²) >= 11 is 13.2. The Labute approximate surface area is 294 Å². The molecule has 2 atom stereocenters. The summed E-state index contributed by atoms with van der Waals surface area (Å²) in [6.07, 6.45) is 5.39. The third kappa shape index (κ3) is 7.39. The fourth-order valence-corrected chi connectivity index (χ4v) is 7.50. The van der Waals surface area contributed by atoms with Crippen molar-refractivity contribution in [3.63, 3.8) is 0 Å². The lowest BCUT2D eigenvalue weighted by atomic mass is 9.80. The Hall–Kier alpha value is -4.58. The molecule has 49 heavy (non-hydrogen) atoms. The van der Waals surface area contributed by atoms with Crippen molar-refractivity contribution in [2.75, 3.05) is 38.8 Å². The zero-order valence-electron chi connectivity index (χ0n) is 27.1. The first-order valence-electron chi connectivity index (χ1n) is 15.9. The number of hydrogen-bond donors (Lipinski definition) is 1. The lowest BCUT2D eigenvalue weighted by Crippen LogP contribution is -2.53. The highest BCUT2D eigenvalue weighted by molar-refractivity contribution is 6.35. The van der Waals surface area contributed by atoms with Crippen LogP contribution in [0.2, 0.25) is 10.0 Å². The van der Waals surface area contributed by atoms with Crippen molar-refractivity contribution in [3.8, 4) is 11.5 Å². The molecule has 0 unspecified atom stereocenters. The number of ether oxygens (including phenoxy) is 3. The molecule has 5 heterocycles. The molecule has 7 rings (SSSR count). The van der Waals surface area contributed by atoms with E-state index in [9.17, 15) is 19.9 Å². The summed E-state index contributed by atoms with van der Waals surface area (Å²) in [5, 5.41) is 23.2. The number of rotatable bonds is 11. The summed E-state index contributed by atoms with van der Waals surface area (Å²) in [7, 11) is 3.03. The zero-order valence-corrected chi connectivity index (χ0v) is 28.6. The van der Waals surface area contributed by atoms with Crippen LogP contribution in [0, 0.1) is 5.92 Å². The first-order valence-corrected chi connectivity index (χ1v) is 16.7. The lowest BCUT2D eigenvalue weighted by Gasteiger charge is -2.44. The summed E-state index contributed by atoms with van der Waals surface area (Å²) in [6, 6.07) is 15.4. The van der Waals surface area contributed by atoms with Crippen LogP contribution >= 0.6 is 23.2 Å². The standard InChI is InChI=1S/C36H36Cl2N4O7/c1-47-30-10-9-23(16-31(30)48-2)26(17-27-28(37)19-41(46)20-29(27)38)34-24(6-5-7-25(34)35(43)44)18-42(33-8-3-4-13-39-33)36(45)49-32-21-40-14-11-22(32)12-15-40/h3-10,13,16,19-20,22,26,32H,11-12,14-15,17-18,21H2,1-2H3,(H-,43,44,46)/t26-,32-/m0/s1. The van der Waals surface area contributed by atoms with Gasteiger partial charge in [-0.05, 0) is 79.2 Å². The molecule has 0 aliphatic carbocycles. The Kier molecular flexibility index (Phi) is 10.4. The van der Waals surface area contributed by atoms with Gasteiger partial charge in [0.2, 0.25) is 12.4 Å². The number of piperidine rings is 3. The van der Waals surface area contributed by atoms with E-state index in [1.165, 1.54) is 37.6 Å². The van der Waals surface area contributed by atoms with Crippen LogP contribution in [0.1, 0.15) is 51.4 Å². The molecule has 2 aromatic carbocycles. The number of fused-ring (bicyclic) bond motifs is 3. The van der Waals surface area contributed by atoms with Gasteiger partial charge in [-0.2, -0.15) is 0 Å². The molecule has 256 valence electrons. The number of benzene rings is 2. The number of pyridine rings is 2. The molecule has 4 aromatic rings. The third-order valence-corrected chi connectivity index (χ3v) is 10.0. The number of halogens is 2. The molecule has 13 heteroatoms. The Morgan fingerprint density at radius 2 is 1.78 bits per heavy atom. The molecule has 11 nitrogen and oxygen atoms in total.